The van der Waals surface area contributed by atoms with Crippen LogP contribution in [0.1, 0.15) is 48.3 Å². The van der Waals surface area contributed by atoms with Crippen molar-refractivity contribution in [3.8, 4) is 5.75 Å². The first-order valence-electron chi connectivity index (χ1n) is 9.60. The number of hydrogen-bond acceptors (Lipinski definition) is 3. The number of carbonyl (C=O) groups excluding carboxylic acids is 1. The minimum Gasteiger partial charge on any atom is -0.490 e. The maximum atomic E-state index is 13.2. The molecule has 1 aromatic carbocycles. The second-order valence-corrected chi connectivity index (χ2v) is 7.04. The van der Waals surface area contributed by atoms with Gasteiger partial charge in [0.25, 0.3) is 5.91 Å². The van der Waals surface area contributed by atoms with E-state index in [9.17, 15) is 4.79 Å². The molecular formula is C23H27N3O2. The first-order chi connectivity index (χ1) is 13.5. The quantitative estimate of drug-likeness (QED) is 0.568. The third-order valence-electron chi connectivity index (χ3n) is 4.84. The van der Waals surface area contributed by atoms with Crippen LogP contribution in [-0.2, 0) is 6.54 Å². The summed E-state index contributed by atoms with van der Waals surface area (Å²) in [5.74, 6) is 1.20. The molecule has 0 radical (unpaired) electrons. The molecular weight excluding hydrogens is 350 g/mol. The minimum absolute atomic E-state index is 0.207. The maximum Gasteiger partial charge on any atom is 0.273 e. The molecule has 1 amide bonds. The Hall–Kier alpha value is -3.08. The number of hydrogen-bond donors (Lipinski definition) is 1. The number of allylic oxidation sites excluding steroid dienone is 1. The van der Waals surface area contributed by atoms with E-state index in [-0.39, 0.29) is 5.91 Å². The lowest BCUT2D eigenvalue weighted by atomic mass is 10.0. The van der Waals surface area contributed by atoms with Gasteiger partial charge >= 0.3 is 0 Å². The predicted octanol–water partition coefficient (Wildman–Crippen LogP) is 5.31. The molecule has 0 saturated heterocycles. The lowest BCUT2D eigenvalue weighted by Crippen LogP contribution is -2.19. The Labute approximate surface area is 166 Å². The normalized spacial score (nSPS) is 11.0. The summed E-state index contributed by atoms with van der Waals surface area (Å²) in [5, 5.41) is 4.01. The topological polar surface area (TPSA) is 56.2 Å². The molecule has 0 unspecified atom stereocenters. The van der Waals surface area contributed by atoms with Crippen molar-refractivity contribution in [3.05, 3.63) is 66.0 Å². The molecule has 28 heavy (non-hydrogen) atoms. The van der Waals surface area contributed by atoms with Crippen molar-refractivity contribution in [1.29, 1.82) is 0 Å². The van der Waals surface area contributed by atoms with E-state index in [4.69, 9.17) is 4.74 Å². The Balaban J connectivity index is 2.08. The number of carbonyl (C=O) groups is 1. The van der Waals surface area contributed by atoms with Crippen LogP contribution in [0.5, 0.6) is 5.75 Å². The van der Waals surface area contributed by atoms with Gasteiger partial charge in [0.1, 0.15) is 5.69 Å². The number of pyridine rings is 1. The van der Waals surface area contributed by atoms with E-state index in [0.717, 1.165) is 16.5 Å². The smallest absolute Gasteiger partial charge is 0.273 e. The van der Waals surface area contributed by atoms with E-state index in [1.54, 1.807) is 24.4 Å². The van der Waals surface area contributed by atoms with Crippen LogP contribution in [0.2, 0.25) is 0 Å². The number of rotatable bonds is 7. The van der Waals surface area contributed by atoms with Gasteiger partial charge in [0, 0.05) is 23.6 Å². The number of anilines is 1. The fourth-order valence-corrected chi connectivity index (χ4v) is 3.43. The van der Waals surface area contributed by atoms with Crippen LogP contribution in [0.4, 0.5) is 5.82 Å². The lowest BCUT2D eigenvalue weighted by Gasteiger charge is -2.12. The molecule has 0 saturated carbocycles. The summed E-state index contributed by atoms with van der Waals surface area (Å²) in [7, 11) is 0. The zero-order valence-corrected chi connectivity index (χ0v) is 17.0. The molecule has 0 aliphatic rings. The fourth-order valence-electron chi connectivity index (χ4n) is 3.43. The van der Waals surface area contributed by atoms with E-state index in [1.165, 1.54) is 5.56 Å². The summed E-state index contributed by atoms with van der Waals surface area (Å²) >= 11 is 0. The van der Waals surface area contributed by atoms with E-state index < -0.39 is 0 Å². The molecule has 0 aliphatic heterocycles. The molecule has 2 aromatic heterocycles. The highest BCUT2D eigenvalue weighted by molar-refractivity contribution is 6.08. The molecule has 146 valence electrons. The van der Waals surface area contributed by atoms with Crippen molar-refractivity contribution >= 4 is 22.6 Å². The summed E-state index contributed by atoms with van der Waals surface area (Å²) in [4.78, 5) is 17.5. The Kier molecular flexibility index (Phi) is 5.83. The van der Waals surface area contributed by atoms with Gasteiger partial charge < -0.3 is 14.6 Å². The summed E-state index contributed by atoms with van der Waals surface area (Å²) in [5.41, 5.74) is 3.84. The molecule has 3 rings (SSSR count). The summed E-state index contributed by atoms with van der Waals surface area (Å²) in [6.45, 7) is 13.1. The standard InChI is InChI=1S/C23H27N3O2/c1-6-13-26-19-11-10-17(15(3)4)14-18(19)16(5)21(26)23(27)25-22-20(28-7-2)9-8-12-24-22/h6,8-12,14-15H,1,7,13H2,2-5H3,(H,24,25,27). The van der Waals surface area contributed by atoms with Gasteiger partial charge in [-0.1, -0.05) is 26.0 Å². The lowest BCUT2D eigenvalue weighted by molar-refractivity contribution is 0.101. The van der Waals surface area contributed by atoms with Gasteiger partial charge in [-0.05, 0) is 55.2 Å². The van der Waals surface area contributed by atoms with Crippen LogP contribution in [0.25, 0.3) is 10.9 Å². The van der Waals surface area contributed by atoms with Crippen molar-refractivity contribution in [1.82, 2.24) is 9.55 Å². The van der Waals surface area contributed by atoms with Gasteiger partial charge in [-0.3, -0.25) is 4.79 Å². The molecule has 3 aromatic rings. The third kappa shape index (κ3) is 3.65. The molecule has 5 nitrogen and oxygen atoms in total. The number of aromatic nitrogens is 2. The van der Waals surface area contributed by atoms with Gasteiger partial charge in [-0.2, -0.15) is 0 Å². The van der Waals surface area contributed by atoms with Crippen LogP contribution in [-0.4, -0.2) is 22.1 Å². The number of amides is 1. The van der Waals surface area contributed by atoms with Crippen LogP contribution in [0.15, 0.2) is 49.2 Å². The highest BCUT2D eigenvalue weighted by Gasteiger charge is 2.21. The van der Waals surface area contributed by atoms with Crippen molar-refractivity contribution in [2.75, 3.05) is 11.9 Å². The minimum atomic E-state index is -0.207. The summed E-state index contributed by atoms with van der Waals surface area (Å²) in [6, 6.07) is 9.98. The average molecular weight is 377 g/mol. The maximum absolute atomic E-state index is 13.2. The number of nitrogens with zero attached hydrogens (tertiary/aromatic N) is 2. The van der Waals surface area contributed by atoms with Crippen LogP contribution in [0, 0.1) is 6.92 Å². The van der Waals surface area contributed by atoms with Gasteiger partial charge in [0.15, 0.2) is 11.6 Å². The average Bonchev–Trinajstić information content (AvgIpc) is 2.95. The molecule has 5 heteroatoms. The Morgan fingerprint density at radius 2 is 2.14 bits per heavy atom. The van der Waals surface area contributed by atoms with Crippen molar-refractivity contribution < 1.29 is 9.53 Å². The number of ether oxygens (including phenoxy) is 1. The second kappa shape index (κ2) is 8.30. The zero-order chi connectivity index (χ0) is 20.3. The molecule has 0 fully saturated rings. The van der Waals surface area contributed by atoms with Crippen LogP contribution >= 0.6 is 0 Å². The first kappa shape index (κ1) is 19.7. The highest BCUT2D eigenvalue weighted by atomic mass is 16.5. The van der Waals surface area contributed by atoms with Gasteiger partial charge in [0.2, 0.25) is 0 Å². The predicted molar refractivity (Wildman–Crippen MR) is 114 cm³/mol. The van der Waals surface area contributed by atoms with E-state index >= 15 is 0 Å². The summed E-state index contributed by atoms with van der Waals surface area (Å²) < 4.78 is 7.58. The fraction of sp³-hybridized carbons (Fsp3) is 0.304. The van der Waals surface area contributed by atoms with Crippen molar-refractivity contribution in [2.24, 2.45) is 0 Å². The summed E-state index contributed by atoms with van der Waals surface area (Å²) in [6.07, 6.45) is 3.44. The molecule has 0 aliphatic carbocycles. The highest BCUT2D eigenvalue weighted by Crippen LogP contribution is 2.30. The van der Waals surface area contributed by atoms with Crippen LogP contribution in [0.3, 0.4) is 0 Å². The van der Waals surface area contributed by atoms with E-state index in [2.05, 4.69) is 48.9 Å². The number of benzene rings is 1. The molecule has 1 N–H and O–H groups in total. The Morgan fingerprint density at radius 1 is 1.36 bits per heavy atom. The van der Waals surface area contributed by atoms with E-state index in [1.807, 2.05) is 18.4 Å². The van der Waals surface area contributed by atoms with Crippen molar-refractivity contribution in [3.63, 3.8) is 0 Å². The number of nitrogens with one attached hydrogen (secondary N) is 1. The largest absolute Gasteiger partial charge is 0.490 e. The van der Waals surface area contributed by atoms with Gasteiger partial charge in [0.05, 0.1) is 6.61 Å². The monoisotopic (exact) mass is 377 g/mol. The zero-order valence-electron chi connectivity index (χ0n) is 17.0. The second-order valence-electron chi connectivity index (χ2n) is 7.04. The van der Waals surface area contributed by atoms with Crippen LogP contribution < -0.4 is 10.1 Å². The Bertz CT molecular complexity index is 1020. The number of aryl methyl sites for hydroxylation is 1. The van der Waals surface area contributed by atoms with Crippen molar-refractivity contribution in [2.45, 2.75) is 40.2 Å². The number of fused-ring (bicyclic) bond motifs is 1. The SMILES string of the molecule is C=CCn1c(C(=O)Nc2ncccc2OCC)c(C)c2cc(C(C)C)ccc21. The van der Waals surface area contributed by atoms with E-state index in [0.29, 0.717) is 36.3 Å². The first-order valence-corrected chi connectivity index (χ1v) is 9.60. The molecule has 2 heterocycles. The van der Waals surface area contributed by atoms with Gasteiger partial charge in [-0.15, -0.1) is 6.58 Å². The van der Waals surface area contributed by atoms with Gasteiger partial charge in [-0.25, -0.2) is 4.98 Å². The molecule has 0 bridgehead atoms. The molecule has 0 atom stereocenters. The third-order valence-corrected chi connectivity index (χ3v) is 4.84. The Morgan fingerprint density at radius 3 is 2.82 bits per heavy atom. The molecule has 0 spiro atoms.